The van der Waals surface area contributed by atoms with Crippen molar-refractivity contribution >= 4 is 38.0 Å². The van der Waals surface area contributed by atoms with Crippen LogP contribution in [-0.4, -0.2) is 26.9 Å². The third-order valence-electron chi connectivity index (χ3n) is 1.74. The number of carbonyl (C=O) groups excluding carboxylic acids is 1. The first-order valence-electron chi connectivity index (χ1n) is 4.39. The minimum atomic E-state index is -3.27. The standard InChI is InChI=1S/C9H10BrN3O3S/c1-17(15,16)8-3-2-6(4-7(8)10)5-12-13-9(11)14/h2-5H,1H3,(H3,11,13,14). The first kappa shape index (κ1) is 13.7. The molecule has 1 aromatic rings. The molecule has 0 saturated carbocycles. The lowest BCUT2D eigenvalue weighted by atomic mass is 10.2. The number of amides is 2. The summed E-state index contributed by atoms with van der Waals surface area (Å²) in [5, 5.41) is 3.55. The van der Waals surface area contributed by atoms with Crippen molar-refractivity contribution in [1.82, 2.24) is 5.43 Å². The molecule has 0 aliphatic heterocycles. The minimum Gasteiger partial charge on any atom is -0.350 e. The van der Waals surface area contributed by atoms with Crippen LogP contribution < -0.4 is 11.2 Å². The zero-order valence-corrected chi connectivity index (χ0v) is 11.2. The molecule has 0 unspecified atom stereocenters. The normalized spacial score (nSPS) is 11.6. The fourth-order valence-electron chi connectivity index (χ4n) is 1.07. The fourth-order valence-corrected chi connectivity index (χ4v) is 3.08. The maximum Gasteiger partial charge on any atom is 0.332 e. The van der Waals surface area contributed by atoms with Gasteiger partial charge in [-0.3, -0.25) is 0 Å². The van der Waals surface area contributed by atoms with Crippen molar-refractivity contribution in [3.8, 4) is 0 Å². The van der Waals surface area contributed by atoms with Gasteiger partial charge in [0.05, 0.1) is 11.1 Å². The van der Waals surface area contributed by atoms with E-state index in [2.05, 4.69) is 21.0 Å². The van der Waals surface area contributed by atoms with Gasteiger partial charge in [-0.25, -0.2) is 18.6 Å². The van der Waals surface area contributed by atoms with Crippen molar-refractivity contribution in [2.24, 2.45) is 10.8 Å². The number of urea groups is 1. The number of primary amides is 1. The van der Waals surface area contributed by atoms with Crippen LogP contribution in [0.2, 0.25) is 0 Å². The average molecular weight is 320 g/mol. The van der Waals surface area contributed by atoms with E-state index < -0.39 is 15.9 Å². The monoisotopic (exact) mass is 319 g/mol. The molecular weight excluding hydrogens is 310 g/mol. The molecule has 0 heterocycles. The van der Waals surface area contributed by atoms with Gasteiger partial charge in [-0.15, -0.1) is 0 Å². The maximum absolute atomic E-state index is 11.3. The summed E-state index contributed by atoms with van der Waals surface area (Å²) in [5.41, 5.74) is 7.47. The molecule has 17 heavy (non-hydrogen) atoms. The second-order valence-electron chi connectivity index (χ2n) is 3.20. The Morgan fingerprint density at radius 1 is 1.53 bits per heavy atom. The highest BCUT2D eigenvalue weighted by Crippen LogP contribution is 2.22. The third kappa shape index (κ3) is 4.16. The van der Waals surface area contributed by atoms with Gasteiger partial charge in [0.25, 0.3) is 0 Å². The predicted molar refractivity (Wildman–Crippen MR) is 67.6 cm³/mol. The van der Waals surface area contributed by atoms with Crippen LogP contribution in [-0.2, 0) is 9.84 Å². The SMILES string of the molecule is CS(=O)(=O)c1ccc(C=NNC(N)=O)cc1Br. The van der Waals surface area contributed by atoms with Gasteiger partial charge in [0, 0.05) is 10.7 Å². The molecule has 0 aliphatic carbocycles. The maximum atomic E-state index is 11.3. The minimum absolute atomic E-state index is 0.192. The van der Waals surface area contributed by atoms with E-state index in [0.717, 1.165) is 6.26 Å². The zero-order chi connectivity index (χ0) is 13.1. The summed E-state index contributed by atoms with van der Waals surface area (Å²) in [4.78, 5) is 10.5. The Morgan fingerprint density at radius 3 is 2.65 bits per heavy atom. The van der Waals surface area contributed by atoms with E-state index in [0.29, 0.717) is 10.0 Å². The van der Waals surface area contributed by atoms with Crippen molar-refractivity contribution in [2.45, 2.75) is 4.90 Å². The largest absolute Gasteiger partial charge is 0.350 e. The lowest BCUT2D eigenvalue weighted by Crippen LogP contribution is -2.24. The van der Waals surface area contributed by atoms with Gasteiger partial charge >= 0.3 is 6.03 Å². The molecule has 0 radical (unpaired) electrons. The quantitative estimate of drug-likeness (QED) is 0.638. The van der Waals surface area contributed by atoms with Gasteiger partial charge in [0.15, 0.2) is 9.84 Å². The number of hydrazone groups is 1. The predicted octanol–water partition coefficient (Wildman–Crippen LogP) is 0.855. The summed E-state index contributed by atoms with van der Waals surface area (Å²) in [6.07, 6.45) is 2.47. The Bertz CT molecular complexity index is 569. The molecule has 1 rings (SSSR count). The number of rotatable bonds is 3. The highest BCUT2D eigenvalue weighted by Gasteiger charge is 2.11. The van der Waals surface area contributed by atoms with Crippen molar-refractivity contribution < 1.29 is 13.2 Å². The van der Waals surface area contributed by atoms with Gasteiger partial charge in [-0.2, -0.15) is 5.10 Å². The molecular formula is C9H10BrN3O3S. The summed E-state index contributed by atoms with van der Waals surface area (Å²) in [7, 11) is -3.27. The molecule has 0 saturated heterocycles. The topological polar surface area (TPSA) is 102 Å². The van der Waals surface area contributed by atoms with Crippen LogP contribution >= 0.6 is 15.9 Å². The summed E-state index contributed by atoms with van der Waals surface area (Å²) in [6, 6.07) is 3.81. The first-order chi connectivity index (χ1) is 7.80. The molecule has 0 bridgehead atoms. The lowest BCUT2D eigenvalue weighted by molar-refractivity contribution is 0.249. The number of carbonyl (C=O) groups is 1. The van der Waals surface area contributed by atoms with Crippen molar-refractivity contribution in [1.29, 1.82) is 0 Å². The van der Waals surface area contributed by atoms with E-state index >= 15 is 0 Å². The number of sulfone groups is 1. The Kier molecular flexibility index (Phi) is 4.24. The van der Waals surface area contributed by atoms with Gasteiger partial charge in [-0.05, 0) is 33.6 Å². The Morgan fingerprint density at radius 2 is 2.18 bits per heavy atom. The molecule has 1 aromatic carbocycles. The van der Waals surface area contributed by atoms with Crippen LogP contribution in [0.3, 0.4) is 0 Å². The number of halogens is 1. The molecule has 6 nitrogen and oxygen atoms in total. The van der Waals surface area contributed by atoms with Crippen LogP contribution in [0.15, 0.2) is 32.7 Å². The number of nitrogens with zero attached hydrogens (tertiary/aromatic N) is 1. The second-order valence-corrected chi connectivity index (χ2v) is 6.03. The van der Waals surface area contributed by atoms with Crippen LogP contribution in [0.4, 0.5) is 4.79 Å². The second kappa shape index (κ2) is 5.28. The van der Waals surface area contributed by atoms with Crippen molar-refractivity contribution in [3.05, 3.63) is 28.2 Å². The van der Waals surface area contributed by atoms with Gasteiger partial charge < -0.3 is 5.73 Å². The lowest BCUT2D eigenvalue weighted by Gasteiger charge is -2.02. The number of nitrogens with two attached hydrogens (primary N) is 1. The highest BCUT2D eigenvalue weighted by molar-refractivity contribution is 9.10. The van der Waals surface area contributed by atoms with E-state index in [4.69, 9.17) is 5.73 Å². The van der Waals surface area contributed by atoms with Gasteiger partial charge in [-0.1, -0.05) is 6.07 Å². The smallest absolute Gasteiger partial charge is 0.332 e. The van der Waals surface area contributed by atoms with E-state index in [1.165, 1.54) is 12.3 Å². The van der Waals surface area contributed by atoms with Crippen LogP contribution in [0, 0.1) is 0 Å². The molecule has 0 spiro atoms. The molecule has 0 aliphatic rings. The molecule has 0 fully saturated rings. The number of hydrogen-bond donors (Lipinski definition) is 2. The summed E-state index contributed by atoms with van der Waals surface area (Å²) in [6.45, 7) is 0. The Balaban J connectivity index is 2.98. The van der Waals surface area contributed by atoms with E-state index in [-0.39, 0.29) is 4.90 Å². The third-order valence-corrected chi connectivity index (χ3v) is 3.82. The van der Waals surface area contributed by atoms with Crippen LogP contribution in [0.5, 0.6) is 0 Å². The van der Waals surface area contributed by atoms with E-state index in [1.54, 1.807) is 12.1 Å². The zero-order valence-electron chi connectivity index (χ0n) is 8.84. The van der Waals surface area contributed by atoms with Crippen LogP contribution in [0.1, 0.15) is 5.56 Å². The summed E-state index contributed by atoms with van der Waals surface area (Å²) >= 11 is 3.15. The van der Waals surface area contributed by atoms with E-state index in [1.807, 2.05) is 5.43 Å². The first-order valence-corrected chi connectivity index (χ1v) is 7.07. The Hall–Kier alpha value is -1.41. The average Bonchev–Trinajstić information content (AvgIpc) is 2.14. The van der Waals surface area contributed by atoms with Crippen molar-refractivity contribution in [3.63, 3.8) is 0 Å². The number of benzene rings is 1. The van der Waals surface area contributed by atoms with Crippen LogP contribution in [0.25, 0.3) is 0 Å². The Labute approximate surface area is 107 Å². The molecule has 0 atom stereocenters. The van der Waals surface area contributed by atoms with Crippen molar-refractivity contribution in [2.75, 3.05) is 6.26 Å². The summed E-state index contributed by atoms with van der Waals surface area (Å²) in [5.74, 6) is 0. The molecule has 8 heteroatoms. The molecule has 0 aromatic heterocycles. The molecule has 2 amide bonds. The van der Waals surface area contributed by atoms with Gasteiger partial charge in [0.2, 0.25) is 0 Å². The number of hydrogen-bond acceptors (Lipinski definition) is 4. The molecule has 92 valence electrons. The number of nitrogens with one attached hydrogen (secondary N) is 1. The highest BCUT2D eigenvalue weighted by atomic mass is 79.9. The fraction of sp³-hybridized carbons (Fsp3) is 0.111. The van der Waals surface area contributed by atoms with Gasteiger partial charge in [0.1, 0.15) is 0 Å². The van der Waals surface area contributed by atoms with E-state index in [9.17, 15) is 13.2 Å². The molecule has 3 N–H and O–H groups in total. The summed E-state index contributed by atoms with van der Waals surface area (Å²) < 4.78 is 23.1.